The van der Waals surface area contributed by atoms with E-state index < -0.39 is 30.4 Å². The third kappa shape index (κ3) is 7.03. The number of Topliss-reactive ketones (excluding diaryl/α,β-unsaturated/α-hetero) is 1. The van der Waals surface area contributed by atoms with Gasteiger partial charge in [0, 0.05) is 16.8 Å². The van der Waals surface area contributed by atoms with E-state index in [1.54, 1.807) is 42.5 Å². The summed E-state index contributed by atoms with van der Waals surface area (Å²) in [6.07, 6.45) is -1.10. The van der Waals surface area contributed by atoms with Crippen LogP contribution in [-0.2, 0) is 14.3 Å². The standard InChI is InChI=1S/C26H24N2O6/c1-17(29)20-7-6-8-21(15-20)28-25(31)18(2)33-24(30)16-27-26(32)19-11-13-23(14-12-19)34-22-9-4-3-5-10-22/h3-15,18H,16H2,1-2H3,(H,27,32)(H,28,31). The van der Waals surface area contributed by atoms with Crippen molar-refractivity contribution in [2.75, 3.05) is 11.9 Å². The largest absolute Gasteiger partial charge is 0.457 e. The van der Waals surface area contributed by atoms with Crippen LogP contribution in [0.3, 0.4) is 0 Å². The predicted octanol–water partition coefficient (Wildman–Crippen LogP) is 3.98. The highest BCUT2D eigenvalue weighted by Gasteiger charge is 2.19. The highest BCUT2D eigenvalue weighted by Crippen LogP contribution is 2.21. The highest BCUT2D eigenvalue weighted by atomic mass is 16.5. The van der Waals surface area contributed by atoms with Gasteiger partial charge >= 0.3 is 5.97 Å². The van der Waals surface area contributed by atoms with Crippen molar-refractivity contribution in [1.82, 2.24) is 5.32 Å². The lowest BCUT2D eigenvalue weighted by Gasteiger charge is -2.14. The Morgan fingerprint density at radius 2 is 1.50 bits per heavy atom. The molecule has 2 N–H and O–H groups in total. The van der Waals surface area contributed by atoms with Crippen LogP contribution in [0.25, 0.3) is 0 Å². The lowest BCUT2D eigenvalue weighted by molar-refractivity contribution is -0.152. The fourth-order valence-corrected chi connectivity index (χ4v) is 2.91. The summed E-state index contributed by atoms with van der Waals surface area (Å²) in [6, 6.07) is 22.1. The molecule has 8 nitrogen and oxygen atoms in total. The first-order valence-corrected chi connectivity index (χ1v) is 10.5. The number of anilines is 1. The van der Waals surface area contributed by atoms with Gasteiger partial charge in [0.05, 0.1) is 0 Å². The maximum absolute atomic E-state index is 12.3. The Labute approximate surface area is 196 Å². The molecule has 34 heavy (non-hydrogen) atoms. The molecule has 3 rings (SSSR count). The van der Waals surface area contributed by atoms with E-state index in [1.165, 1.54) is 19.9 Å². The third-order valence-corrected chi connectivity index (χ3v) is 4.70. The van der Waals surface area contributed by atoms with Crippen molar-refractivity contribution in [3.05, 3.63) is 90.0 Å². The molecule has 0 radical (unpaired) electrons. The number of para-hydroxylation sites is 1. The van der Waals surface area contributed by atoms with Crippen LogP contribution in [0.2, 0.25) is 0 Å². The summed E-state index contributed by atoms with van der Waals surface area (Å²) in [5.41, 5.74) is 1.20. The number of amides is 2. The van der Waals surface area contributed by atoms with E-state index in [4.69, 9.17) is 9.47 Å². The number of benzene rings is 3. The normalized spacial score (nSPS) is 11.1. The molecule has 0 fully saturated rings. The zero-order valence-electron chi connectivity index (χ0n) is 18.7. The monoisotopic (exact) mass is 460 g/mol. The molecule has 3 aromatic carbocycles. The molecular formula is C26H24N2O6. The minimum Gasteiger partial charge on any atom is -0.457 e. The summed E-state index contributed by atoms with van der Waals surface area (Å²) in [5, 5.41) is 5.05. The summed E-state index contributed by atoms with van der Waals surface area (Å²) < 4.78 is 10.8. The van der Waals surface area contributed by atoms with Gasteiger partial charge in [0.2, 0.25) is 0 Å². The van der Waals surface area contributed by atoms with Crippen molar-refractivity contribution in [2.45, 2.75) is 20.0 Å². The second-order valence-electron chi connectivity index (χ2n) is 7.38. The Morgan fingerprint density at radius 1 is 0.824 bits per heavy atom. The van der Waals surface area contributed by atoms with Gasteiger partial charge < -0.3 is 20.1 Å². The van der Waals surface area contributed by atoms with Gasteiger partial charge in [-0.15, -0.1) is 0 Å². The molecule has 3 aromatic rings. The van der Waals surface area contributed by atoms with E-state index in [9.17, 15) is 19.2 Å². The van der Waals surface area contributed by atoms with Gasteiger partial charge in [0.1, 0.15) is 18.0 Å². The number of ether oxygens (including phenoxy) is 2. The fourth-order valence-electron chi connectivity index (χ4n) is 2.91. The van der Waals surface area contributed by atoms with Crippen molar-refractivity contribution < 1.29 is 28.7 Å². The lowest BCUT2D eigenvalue weighted by atomic mass is 10.1. The van der Waals surface area contributed by atoms with Crippen molar-refractivity contribution in [3.63, 3.8) is 0 Å². The zero-order chi connectivity index (χ0) is 24.5. The van der Waals surface area contributed by atoms with Crippen LogP contribution >= 0.6 is 0 Å². The molecule has 0 saturated heterocycles. The average molecular weight is 460 g/mol. The molecule has 0 saturated carbocycles. The molecule has 1 atom stereocenters. The fraction of sp³-hybridized carbons (Fsp3) is 0.154. The zero-order valence-corrected chi connectivity index (χ0v) is 18.7. The number of carbonyl (C=O) groups excluding carboxylic acids is 4. The molecule has 0 heterocycles. The second-order valence-corrected chi connectivity index (χ2v) is 7.38. The van der Waals surface area contributed by atoms with Crippen LogP contribution in [0.4, 0.5) is 5.69 Å². The average Bonchev–Trinajstić information content (AvgIpc) is 2.83. The molecule has 0 aliphatic carbocycles. The van der Waals surface area contributed by atoms with Crippen molar-refractivity contribution >= 4 is 29.3 Å². The molecule has 1 unspecified atom stereocenters. The minimum absolute atomic E-state index is 0.135. The SMILES string of the molecule is CC(=O)c1cccc(NC(=O)C(C)OC(=O)CNC(=O)c2ccc(Oc3ccccc3)cc2)c1. The maximum atomic E-state index is 12.3. The van der Waals surface area contributed by atoms with Crippen molar-refractivity contribution in [2.24, 2.45) is 0 Å². The van der Waals surface area contributed by atoms with Gasteiger partial charge in [-0.1, -0.05) is 30.3 Å². The lowest BCUT2D eigenvalue weighted by Crippen LogP contribution is -2.35. The van der Waals surface area contributed by atoms with Crippen LogP contribution in [0.1, 0.15) is 34.6 Å². The van der Waals surface area contributed by atoms with E-state index in [0.717, 1.165) is 0 Å². The van der Waals surface area contributed by atoms with E-state index in [1.807, 2.05) is 30.3 Å². The summed E-state index contributed by atoms with van der Waals surface area (Å²) in [7, 11) is 0. The van der Waals surface area contributed by atoms with Gasteiger partial charge in [-0.3, -0.25) is 19.2 Å². The smallest absolute Gasteiger partial charge is 0.326 e. The second kappa shape index (κ2) is 11.4. The van der Waals surface area contributed by atoms with Crippen LogP contribution < -0.4 is 15.4 Å². The Hall–Kier alpha value is -4.46. The Morgan fingerprint density at radius 3 is 2.18 bits per heavy atom. The molecule has 0 aliphatic heterocycles. The quantitative estimate of drug-likeness (QED) is 0.369. The molecular weight excluding hydrogens is 436 g/mol. The molecule has 2 amide bonds. The Balaban J connectivity index is 1.45. The first kappa shape index (κ1) is 24.2. The van der Waals surface area contributed by atoms with Crippen LogP contribution in [0, 0.1) is 0 Å². The Bertz CT molecular complexity index is 1180. The van der Waals surface area contributed by atoms with E-state index >= 15 is 0 Å². The molecule has 0 spiro atoms. The summed E-state index contributed by atoms with van der Waals surface area (Å²) in [6.45, 7) is 2.43. The summed E-state index contributed by atoms with van der Waals surface area (Å²) in [4.78, 5) is 48.1. The number of hydrogen-bond donors (Lipinski definition) is 2. The number of carbonyl (C=O) groups is 4. The molecule has 174 valence electrons. The number of hydrogen-bond acceptors (Lipinski definition) is 6. The van der Waals surface area contributed by atoms with Crippen LogP contribution in [-0.4, -0.2) is 36.2 Å². The van der Waals surface area contributed by atoms with Gasteiger partial charge in [-0.2, -0.15) is 0 Å². The predicted molar refractivity (Wildman–Crippen MR) is 126 cm³/mol. The topological polar surface area (TPSA) is 111 Å². The number of ketones is 1. The first-order valence-electron chi connectivity index (χ1n) is 10.5. The highest BCUT2D eigenvalue weighted by molar-refractivity contribution is 5.99. The first-order chi connectivity index (χ1) is 16.3. The van der Waals surface area contributed by atoms with E-state index in [2.05, 4.69) is 10.6 Å². The van der Waals surface area contributed by atoms with Gasteiger partial charge in [-0.05, 0) is 62.4 Å². The Kier molecular flexibility index (Phi) is 8.12. The van der Waals surface area contributed by atoms with Crippen LogP contribution in [0.5, 0.6) is 11.5 Å². The molecule has 0 aromatic heterocycles. The molecule has 0 bridgehead atoms. The maximum Gasteiger partial charge on any atom is 0.326 e. The van der Waals surface area contributed by atoms with Gasteiger partial charge in [0.15, 0.2) is 11.9 Å². The summed E-state index contributed by atoms with van der Waals surface area (Å²) in [5.74, 6) is -0.694. The number of nitrogens with one attached hydrogen (secondary N) is 2. The van der Waals surface area contributed by atoms with Crippen molar-refractivity contribution in [3.8, 4) is 11.5 Å². The minimum atomic E-state index is -1.10. The van der Waals surface area contributed by atoms with Gasteiger partial charge in [0.25, 0.3) is 11.8 Å². The van der Waals surface area contributed by atoms with Crippen molar-refractivity contribution in [1.29, 1.82) is 0 Å². The van der Waals surface area contributed by atoms with E-state index in [0.29, 0.717) is 28.3 Å². The molecule has 0 aliphatic rings. The third-order valence-electron chi connectivity index (χ3n) is 4.70. The summed E-state index contributed by atoms with van der Waals surface area (Å²) >= 11 is 0. The van der Waals surface area contributed by atoms with E-state index in [-0.39, 0.29) is 5.78 Å². The van der Waals surface area contributed by atoms with Gasteiger partial charge in [-0.25, -0.2) is 0 Å². The molecule has 8 heteroatoms. The van der Waals surface area contributed by atoms with Crippen LogP contribution in [0.15, 0.2) is 78.9 Å². The number of rotatable bonds is 9. The number of esters is 1.